The van der Waals surface area contributed by atoms with Crippen molar-refractivity contribution < 1.29 is 4.79 Å². The molecule has 1 aliphatic heterocycles. The number of aromatic nitrogens is 4. The van der Waals surface area contributed by atoms with Gasteiger partial charge in [-0.1, -0.05) is 6.07 Å². The Bertz CT molecular complexity index is 936. The van der Waals surface area contributed by atoms with Gasteiger partial charge in [-0.3, -0.25) is 4.79 Å². The maximum Gasteiger partial charge on any atom is 0.271 e. The third kappa shape index (κ3) is 1.99. The van der Waals surface area contributed by atoms with E-state index in [0.717, 1.165) is 17.2 Å². The van der Waals surface area contributed by atoms with Gasteiger partial charge in [0.1, 0.15) is 11.5 Å². The van der Waals surface area contributed by atoms with Crippen LogP contribution in [0.2, 0.25) is 0 Å². The highest BCUT2D eigenvalue weighted by Crippen LogP contribution is 2.41. The number of carbonyl (C=O) groups is 1. The van der Waals surface area contributed by atoms with Gasteiger partial charge in [-0.05, 0) is 44.0 Å². The van der Waals surface area contributed by atoms with Crippen molar-refractivity contribution in [2.75, 3.05) is 6.54 Å². The lowest BCUT2D eigenvalue weighted by atomic mass is 10.2. The van der Waals surface area contributed by atoms with Crippen LogP contribution in [-0.2, 0) is 6.54 Å². The first-order chi connectivity index (χ1) is 11.7. The first kappa shape index (κ1) is 13.8. The first-order valence-corrected chi connectivity index (χ1v) is 8.51. The number of fused-ring (bicyclic) bond motifs is 2. The summed E-state index contributed by atoms with van der Waals surface area (Å²) in [7, 11) is 0. The fraction of sp³-hybridized carbons (Fsp3) is 0.389. The summed E-state index contributed by atoms with van der Waals surface area (Å²) in [4.78, 5) is 14.9. The molecule has 0 aromatic carbocycles. The number of hydrogen-bond donors (Lipinski definition) is 0. The average Bonchev–Trinajstić information content (AvgIpc) is 3.20. The van der Waals surface area contributed by atoms with Crippen LogP contribution in [0.1, 0.15) is 53.9 Å². The average molecular weight is 321 g/mol. The monoisotopic (exact) mass is 321 g/mol. The van der Waals surface area contributed by atoms with E-state index in [1.54, 1.807) is 0 Å². The van der Waals surface area contributed by atoms with Crippen LogP contribution in [0.5, 0.6) is 0 Å². The molecule has 2 aliphatic rings. The molecule has 122 valence electrons. The van der Waals surface area contributed by atoms with Crippen molar-refractivity contribution in [1.29, 1.82) is 0 Å². The van der Waals surface area contributed by atoms with Crippen LogP contribution >= 0.6 is 0 Å². The number of nitrogens with zero attached hydrogens (tertiary/aromatic N) is 5. The molecular formula is C18H19N5O. The van der Waals surface area contributed by atoms with E-state index >= 15 is 0 Å². The van der Waals surface area contributed by atoms with Crippen LogP contribution in [0.4, 0.5) is 0 Å². The second kappa shape index (κ2) is 4.93. The summed E-state index contributed by atoms with van der Waals surface area (Å²) >= 11 is 0. The zero-order chi connectivity index (χ0) is 16.3. The Morgan fingerprint density at radius 1 is 1.17 bits per heavy atom. The summed E-state index contributed by atoms with van der Waals surface area (Å²) < 4.78 is 4.19. The molecule has 1 atom stereocenters. The summed E-state index contributed by atoms with van der Waals surface area (Å²) in [6.45, 7) is 3.38. The lowest BCUT2D eigenvalue weighted by Gasteiger charge is -2.32. The fourth-order valence-electron chi connectivity index (χ4n) is 3.73. The van der Waals surface area contributed by atoms with Crippen LogP contribution in [0.3, 0.4) is 0 Å². The molecule has 0 radical (unpaired) electrons. The predicted molar refractivity (Wildman–Crippen MR) is 88.8 cm³/mol. The van der Waals surface area contributed by atoms with Gasteiger partial charge in [-0.2, -0.15) is 0 Å². The molecule has 0 unspecified atom stereocenters. The second-order valence-electron chi connectivity index (χ2n) is 6.87. The number of pyridine rings is 1. The minimum Gasteiger partial charge on any atom is -0.328 e. The van der Waals surface area contributed by atoms with Crippen LogP contribution in [0.25, 0.3) is 5.52 Å². The number of carbonyl (C=O) groups excluding carboxylic acids is 1. The summed E-state index contributed by atoms with van der Waals surface area (Å²) in [5.41, 5.74) is 1.73. The topological polar surface area (TPSA) is 55.4 Å². The highest BCUT2D eigenvalue weighted by Gasteiger charge is 2.35. The van der Waals surface area contributed by atoms with Gasteiger partial charge in [0, 0.05) is 24.2 Å². The largest absolute Gasteiger partial charge is 0.328 e. The number of hydrogen-bond acceptors (Lipinski definition) is 3. The minimum absolute atomic E-state index is 0.0512. The van der Waals surface area contributed by atoms with Gasteiger partial charge < -0.3 is 13.9 Å². The van der Waals surface area contributed by atoms with Gasteiger partial charge in [0.2, 0.25) is 0 Å². The van der Waals surface area contributed by atoms with Gasteiger partial charge in [0.25, 0.3) is 5.91 Å². The van der Waals surface area contributed by atoms with E-state index in [1.807, 2.05) is 45.8 Å². The molecule has 6 nitrogen and oxygen atoms in total. The number of rotatable bonds is 2. The Kier molecular flexibility index (Phi) is 2.83. The van der Waals surface area contributed by atoms with Gasteiger partial charge in [0.15, 0.2) is 5.82 Å². The highest BCUT2D eigenvalue weighted by molar-refractivity contribution is 5.94. The van der Waals surface area contributed by atoms with E-state index in [2.05, 4.69) is 21.7 Å². The summed E-state index contributed by atoms with van der Waals surface area (Å²) in [5, 5.41) is 8.74. The lowest BCUT2D eigenvalue weighted by Crippen LogP contribution is -2.41. The Morgan fingerprint density at radius 2 is 2.04 bits per heavy atom. The van der Waals surface area contributed by atoms with Crippen molar-refractivity contribution in [2.45, 2.75) is 38.3 Å². The van der Waals surface area contributed by atoms with E-state index in [4.69, 9.17) is 0 Å². The van der Waals surface area contributed by atoms with Crippen molar-refractivity contribution in [3.05, 3.63) is 53.9 Å². The van der Waals surface area contributed by atoms with Crippen LogP contribution in [-0.4, -0.2) is 36.5 Å². The fourth-order valence-corrected chi connectivity index (χ4v) is 3.73. The van der Waals surface area contributed by atoms with E-state index in [-0.39, 0.29) is 11.9 Å². The molecule has 0 spiro atoms. The molecule has 1 fully saturated rings. The zero-order valence-corrected chi connectivity index (χ0v) is 13.6. The van der Waals surface area contributed by atoms with E-state index in [9.17, 15) is 4.79 Å². The molecule has 0 saturated heterocycles. The molecule has 1 aliphatic carbocycles. The molecule has 4 heterocycles. The highest BCUT2D eigenvalue weighted by atomic mass is 16.2. The van der Waals surface area contributed by atoms with Gasteiger partial charge in [0.05, 0.1) is 12.6 Å². The molecule has 6 heteroatoms. The smallest absolute Gasteiger partial charge is 0.271 e. The Labute approximate surface area is 139 Å². The zero-order valence-electron chi connectivity index (χ0n) is 13.6. The maximum atomic E-state index is 13.0. The third-order valence-electron chi connectivity index (χ3n) is 5.06. The van der Waals surface area contributed by atoms with E-state index in [0.29, 0.717) is 24.7 Å². The normalized spacial score (nSPS) is 20.4. The number of amides is 1. The SMILES string of the molecule is C[C@H]1CN(C(=O)c2ccc3ccccn23)Cc2nnc(C3CC3)n21. The van der Waals surface area contributed by atoms with E-state index < -0.39 is 0 Å². The Hall–Kier alpha value is -2.63. The molecule has 1 amide bonds. The van der Waals surface area contributed by atoms with Crippen LogP contribution < -0.4 is 0 Å². The summed E-state index contributed by atoms with van der Waals surface area (Å²) in [5.74, 6) is 2.64. The summed E-state index contributed by atoms with van der Waals surface area (Å²) in [6, 6.07) is 10.0. The molecular weight excluding hydrogens is 302 g/mol. The summed E-state index contributed by atoms with van der Waals surface area (Å²) in [6.07, 6.45) is 4.36. The molecule has 3 aromatic rings. The Balaban J connectivity index is 1.48. The standard InChI is InChI=1S/C18H19N5O/c1-12-10-21(11-16-19-20-17(23(12)16)13-5-6-13)18(24)15-8-7-14-4-2-3-9-22(14)15/h2-4,7-9,12-13H,5-6,10-11H2,1H3/t12-/m0/s1. The molecule has 3 aromatic heterocycles. The molecule has 0 N–H and O–H groups in total. The van der Waals surface area contributed by atoms with Crippen molar-refractivity contribution in [3.8, 4) is 0 Å². The van der Waals surface area contributed by atoms with E-state index in [1.165, 1.54) is 12.8 Å². The molecule has 24 heavy (non-hydrogen) atoms. The second-order valence-corrected chi connectivity index (χ2v) is 6.87. The molecule has 1 saturated carbocycles. The third-order valence-corrected chi connectivity index (χ3v) is 5.06. The Morgan fingerprint density at radius 3 is 2.88 bits per heavy atom. The first-order valence-electron chi connectivity index (χ1n) is 8.51. The lowest BCUT2D eigenvalue weighted by molar-refractivity contribution is 0.0672. The van der Waals surface area contributed by atoms with Crippen molar-refractivity contribution in [1.82, 2.24) is 24.1 Å². The van der Waals surface area contributed by atoms with Crippen molar-refractivity contribution >= 4 is 11.4 Å². The minimum atomic E-state index is 0.0512. The van der Waals surface area contributed by atoms with Crippen molar-refractivity contribution in [2.24, 2.45) is 0 Å². The molecule has 0 bridgehead atoms. The van der Waals surface area contributed by atoms with Gasteiger partial charge in [-0.15, -0.1) is 10.2 Å². The van der Waals surface area contributed by atoms with Gasteiger partial charge in [-0.25, -0.2) is 0 Å². The van der Waals surface area contributed by atoms with Crippen molar-refractivity contribution in [3.63, 3.8) is 0 Å². The predicted octanol–water partition coefficient (Wildman–Crippen LogP) is 2.63. The molecule has 5 rings (SSSR count). The quantitative estimate of drug-likeness (QED) is 0.729. The van der Waals surface area contributed by atoms with Crippen LogP contribution in [0, 0.1) is 0 Å². The van der Waals surface area contributed by atoms with Gasteiger partial charge >= 0.3 is 0 Å². The maximum absolute atomic E-state index is 13.0. The van der Waals surface area contributed by atoms with Crippen LogP contribution in [0.15, 0.2) is 36.5 Å².